The van der Waals surface area contributed by atoms with Crippen molar-refractivity contribution in [2.24, 2.45) is 0 Å². The fourth-order valence-corrected chi connectivity index (χ4v) is 4.52. The average molecular weight is 350 g/mol. The Morgan fingerprint density at radius 3 is 3.04 bits per heavy atom. The molecule has 2 unspecified atom stereocenters. The van der Waals surface area contributed by atoms with Gasteiger partial charge in [-0.15, -0.1) is 0 Å². The zero-order chi connectivity index (χ0) is 17.7. The molecule has 2 atom stereocenters. The van der Waals surface area contributed by atoms with E-state index in [1.807, 2.05) is 23.4 Å². The highest BCUT2D eigenvalue weighted by Crippen LogP contribution is 2.56. The summed E-state index contributed by atoms with van der Waals surface area (Å²) in [5.41, 5.74) is 3.16. The number of carbonyl (C=O) groups excluding carboxylic acids is 1. The molecule has 4 heterocycles. The van der Waals surface area contributed by atoms with Crippen molar-refractivity contribution in [2.45, 2.75) is 31.2 Å². The molecule has 1 saturated heterocycles. The van der Waals surface area contributed by atoms with Gasteiger partial charge in [0.2, 0.25) is 6.41 Å². The summed E-state index contributed by atoms with van der Waals surface area (Å²) in [6, 6.07) is 4.23. The predicted molar refractivity (Wildman–Crippen MR) is 99.1 cm³/mol. The molecule has 1 aliphatic carbocycles. The van der Waals surface area contributed by atoms with Crippen molar-refractivity contribution in [2.75, 3.05) is 24.5 Å². The van der Waals surface area contributed by atoms with Gasteiger partial charge in [0.1, 0.15) is 17.8 Å². The number of anilines is 1. The van der Waals surface area contributed by atoms with Crippen LogP contribution in [0.4, 0.5) is 5.82 Å². The fourth-order valence-electron chi connectivity index (χ4n) is 4.52. The van der Waals surface area contributed by atoms with Crippen molar-refractivity contribution in [1.82, 2.24) is 24.8 Å². The minimum absolute atomic E-state index is 0.150. The molecule has 0 radical (unpaired) electrons. The van der Waals surface area contributed by atoms with Crippen molar-refractivity contribution in [1.29, 1.82) is 0 Å². The van der Waals surface area contributed by atoms with Gasteiger partial charge in [-0.2, -0.15) is 0 Å². The van der Waals surface area contributed by atoms with Crippen LogP contribution < -0.4 is 4.90 Å². The minimum Gasteiger partial charge on any atom is -0.364 e. The van der Waals surface area contributed by atoms with Crippen LogP contribution in [0, 0.1) is 6.92 Å². The van der Waals surface area contributed by atoms with Crippen molar-refractivity contribution >= 4 is 23.3 Å². The predicted octanol–water partition coefficient (Wildman–Crippen LogP) is 2.19. The van der Waals surface area contributed by atoms with Crippen LogP contribution in [0.1, 0.15) is 30.0 Å². The number of carbonyl (C=O) groups is 1. The van der Waals surface area contributed by atoms with Crippen LogP contribution >= 0.6 is 0 Å². The normalized spacial score (nSPS) is 25.7. The Hall–Kier alpha value is -2.83. The second-order valence-corrected chi connectivity index (χ2v) is 7.50. The van der Waals surface area contributed by atoms with E-state index in [-0.39, 0.29) is 5.54 Å². The lowest BCUT2D eigenvalue weighted by Crippen LogP contribution is -2.44. The lowest BCUT2D eigenvalue weighted by atomic mass is 10.1. The molecule has 5 rings (SSSR count). The van der Waals surface area contributed by atoms with E-state index in [4.69, 9.17) is 0 Å². The number of fused-ring (bicyclic) bond motifs is 1. The zero-order valence-electron chi connectivity index (χ0n) is 14.8. The van der Waals surface area contributed by atoms with E-state index >= 15 is 0 Å². The quantitative estimate of drug-likeness (QED) is 0.710. The van der Waals surface area contributed by atoms with Crippen LogP contribution in [0.3, 0.4) is 0 Å². The van der Waals surface area contributed by atoms with Gasteiger partial charge >= 0.3 is 0 Å². The van der Waals surface area contributed by atoms with Crippen LogP contribution in [0.25, 0.3) is 11.0 Å². The Morgan fingerprint density at radius 2 is 2.23 bits per heavy atom. The molecule has 3 aromatic heterocycles. The Kier molecular flexibility index (Phi) is 3.32. The number of hydrogen-bond acceptors (Lipinski definition) is 4. The third-order valence-electron chi connectivity index (χ3n) is 5.89. The Labute approximate surface area is 151 Å². The minimum atomic E-state index is -0.150. The molecule has 7 heteroatoms. The first-order valence-corrected chi connectivity index (χ1v) is 9.11. The molecular formula is C19H22N6O. The summed E-state index contributed by atoms with van der Waals surface area (Å²) in [5.74, 6) is 1.31. The average Bonchev–Trinajstić information content (AvgIpc) is 2.99. The van der Waals surface area contributed by atoms with Crippen LogP contribution in [0.2, 0.25) is 0 Å². The van der Waals surface area contributed by atoms with Crippen LogP contribution in [0.5, 0.6) is 0 Å². The van der Waals surface area contributed by atoms with E-state index in [1.54, 1.807) is 6.33 Å². The highest BCUT2D eigenvalue weighted by Gasteiger charge is 2.60. The highest BCUT2D eigenvalue weighted by atomic mass is 16.1. The van der Waals surface area contributed by atoms with Gasteiger partial charge in [0.05, 0.1) is 10.9 Å². The van der Waals surface area contributed by atoms with Crippen molar-refractivity contribution in [3.05, 3.63) is 42.1 Å². The third kappa shape index (κ3) is 2.23. The molecule has 2 fully saturated rings. The van der Waals surface area contributed by atoms with Gasteiger partial charge in [0.25, 0.3) is 0 Å². The summed E-state index contributed by atoms with van der Waals surface area (Å²) < 4.78 is 0. The van der Waals surface area contributed by atoms with Crippen LogP contribution in [-0.4, -0.2) is 56.4 Å². The number of aryl methyl sites for hydroxylation is 1. The number of nitrogens with one attached hydrogen (secondary N) is 2. The first-order valence-electron chi connectivity index (χ1n) is 9.11. The lowest BCUT2D eigenvalue weighted by molar-refractivity contribution is -0.120. The number of amides is 1. The van der Waals surface area contributed by atoms with Gasteiger partial charge in [0, 0.05) is 43.6 Å². The van der Waals surface area contributed by atoms with E-state index in [2.05, 4.69) is 37.8 Å². The molecule has 2 N–H and O–H groups in total. The zero-order valence-corrected chi connectivity index (χ0v) is 14.8. The summed E-state index contributed by atoms with van der Waals surface area (Å²) in [6.07, 6.45) is 8.51. The first-order chi connectivity index (χ1) is 12.7. The summed E-state index contributed by atoms with van der Waals surface area (Å²) in [6.45, 7) is 4.57. The van der Waals surface area contributed by atoms with E-state index < -0.39 is 0 Å². The molecular weight excluding hydrogens is 328 g/mol. The molecule has 0 bridgehead atoms. The van der Waals surface area contributed by atoms with Crippen molar-refractivity contribution in [3.63, 3.8) is 0 Å². The van der Waals surface area contributed by atoms with Gasteiger partial charge in [-0.05, 0) is 37.5 Å². The number of aromatic amines is 2. The first kappa shape index (κ1) is 15.4. The maximum atomic E-state index is 11.8. The van der Waals surface area contributed by atoms with Crippen LogP contribution in [-0.2, 0) is 4.79 Å². The number of hydrogen-bond donors (Lipinski definition) is 2. The van der Waals surface area contributed by atoms with Gasteiger partial charge in [0.15, 0.2) is 0 Å². The van der Waals surface area contributed by atoms with E-state index in [0.717, 1.165) is 55.7 Å². The summed E-state index contributed by atoms with van der Waals surface area (Å²) >= 11 is 0. The summed E-state index contributed by atoms with van der Waals surface area (Å²) in [7, 11) is 0. The second kappa shape index (κ2) is 5.59. The fraction of sp³-hybridized carbons (Fsp3) is 0.421. The number of aromatic nitrogens is 4. The Balaban J connectivity index is 1.52. The molecule has 1 aliphatic heterocycles. The van der Waals surface area contributed by atoms with Crippen molar-refractivity contribution in [3.8, 4) is 0 Å². The summed E-state index contributed by atoms with van der Waals surface area (Å²) in [5, 5.41) is 1.04. The molecule has 3 aromatic rings. The largest absolute Gasteiger partial charge is 0.364 e. The van der Waals surface area contributed by atoms with Crippen LogP contribution in [0.15, 0.2) is 30.9 Å². The van der Waals surface area contributed by atoms with Gasteiger partial charge in [-0.25, -0.2) is 9.97 Å². The highest BCUT2D eigenvalue weighted by molar-refractivity contribution is 5.87. The third-order valence-corrected chi connectivity index (χ3v) is 5.89. The maximum absolute atomic E-state index is 11.8. The Morgan fingerprint density at radius 1 is 1.31 bits per heavy atom. The summed E-state index contributed by atoms with van der Waals surface area (Å²) in [4.78, 5) is 31.6. The van der Waals surface area contributed by atoms with Crippen molar-refractivity contribution < 1.29 is 4.79 Å². The molecule has 1 saturated carbocycles. The molecule has 1 amide bonds. The molecule has 2 aliphatic rings. The molecule has 0 aromatic carbocycles. The second-order valence-electron chi connectivity index (χ2n) is 7.50. The monoisotopic (exact) mass is 350 g/mol. The van der Waals surface area contributed by atoms with Gasteiger partial charge < -0.3 is 19.8 Å². The van der Waals surface area contributed by atoms with Gasteiger partial charge in [-0.1, -0.05) is 0 Å². The van der Waals surface area contributed by atoms with E-state index in [9.17, 15) is 4.79 Å². The molecule has 26 heavy (non-hydrogen) atoms. The van der Waals surface area contributed by atoms with E-state index in [0.29, 0.717) is 5.92 Å². The van der Waals surface area contributed by atoms with E-state index in [1.165, 1.54) is 11.3 Å². The van der Waals surface area contributed by atoms with Gasteiger partial charge in [-0.3, -0.25) is 4.79 Å². The Bertz CT molecular complexity index is 962. The topological polar surface area (TPSA) is 80.9 Å². The standard InChI is InChI=1S/C19H22N6O/c1-13-7-16(21-9-13)15-8-19(15)10-24(5-2-6-25(19)12-26)18-14-3-4-20-17(14)22-11-23-18/h3-4,7,9,11-12,15,21H,2,5-6,8,10H2,1H3,(H,20,22,23). The smallest absolute Gasteiger partial charge is 0.210 e. The SMILES string of the molecule is Cc1c[nH]c(C2CC23CN(c2ncnc4[nH]ccc24)CCCN3C=O)c1. The number of nitrogens with zero attached hydrogens (tertiary/aromatic N) is 4. The molecule has 7 nitrogen and oxygen atoms in total. The number of H-pyrrole nitrogens is 2. The lowest BCUT2D eigenvalue weighted by Gasteiger charge is -2.31. The molecule has 134 valence electrons. The maximum Gasteiger partial charge on any atom is 0.210 e. The molecule has 1 spiro atoms. The number of rotatable bonds is 3.